The molecule has 1 aromatic carbocycles. The molecule has 0 bridgehead atoms. The van der Waals surface area contributed by atoms with Crippen LogP contribution in [0.2, 0.25) is 0 Å². The van der Waals surface area contributed by atoms with E-state index in [9.17, 15) is 35.1 Å². The minimum atomic E-state index is -4.86. The molecule has 216 valence electrons. The lowest BCUT2D eigenvalue weighted by Gasteiger charge is -2.46. The molecule has 0 spiro atoms. The van der Waals surface area contributed by atoms with Gasteiger partial charge in [-0.3, -0.25) is 4.90 Å². The number of hydrogen-bond acceptors (Lipinski definition) is 8. The van der Waals surface area contributed by atoms with Crippen molar-refractivity contribution in [1.29, 1.82) is 0 Å². The van der Waals surface area contributed by atoms with E-state index in [2.05, 4.69) is 0 Å². The first-order valence-corrected chi connectivity index (χ1v) is 16.2. The lowest BCUT2D eigenvalue weighted by molar-refractivity contribution is -0.258. The van der Waals surface area contributed by atoms with Crippen molar-refractivity contribution >= 4 is 42.6 Å². The second-order valence-electron chi connectivity index (χ2n) is 10.4. The Hall–Kier alpha value is -1.84. The van der Waals surface area contributed by atoms with Crippen LogP contribution in [-0.4, -0.2) is 98.5 Å². The number of benzene rings is 1. The van der Waals surface area contributed by atoms with Gasteiger partial charge < -0.3 is 10.0 Å². The topological polar surface area (TPSA) is 98.2 Å². The van der Waals surface area contributed by atoms with Gasteiger partial charge in [0.15, 0.2) is 15.4 Å². The third-order valence-electron chi connectivity index (χ3n) is 7.59. The molecule has 3 atom stereocenters. The standard InChI is InChI=1S/C25H32F3N3O5S3/c1-18-17-38(33,34)14-13-29(18)15-21-16-30(39(35,36)23-6-4-3-5-22(23)37)11-12-31(21)20-9-7-19(8-10-20)24(2,32)25(26,27)28/h3-4,6-10,18,21,32H,5,11-17H2,1-2H3/t18-,21-,24-/m0/s1. The number of piperazine rings is 1. The van der Waals surface area contributed by atoms with Gasteiger partial charge in [0.25, 0.3) is 0 Å². The van der Waals surface area contributed by atoms with Gasteiger partial charge in [0.2, 0.25) is 10.0 Å². The van der Waals surface area contributed by atoms with Gasteiger partial charge in [-0.15, -0.1) is 0 Å². The van der Waals surface area contributed by atoms with Crippen molar-refractivity contribution in [2.45, 2.75) is 44.1 Å². The summed E-state index contributed by atoms with van der Waals surface area (Å²) in [4.78, 5) is 4.36. The minimum absolute atomic E-state index is 0.000780. The zero-order valence-electron chi connectivity index (χ0n) is 21.6. The second-order valence-corrected chi connectivity index (χ2v) is 15.0. The Morgan fingerprint density at radius 1 is 1.13 bits per heavy atom. The molecule has 39 heavy (non-hydrogen) atoms. The van der Waals surface area contributed by atoms with Gasteiger partial charge in [0.1, 0.15) is 0 Å². The Labute approximate surface area is 232 Å². The van der Waals surface area contributed by atoms with E-state index in [0.29, 0.717) is 37.0 Å². The highest BCUT2D eigenvalue weighted by Crippen LogP contribution is 2.39. The summed E-state index contributed by atoms with van der Waals surface area (Å²) in [7, 11) is -7.05. The highest BCUT2D eigenvalue weighted by atomic mass is 32.2. The van der Waals surface area contributed by atoms with Crippen LogP contribution in [0.1, 0.15) is 25.8 Å². The number of nitrogens with zero attached hydrogens (tertiary/aromatic N) is 3. The van der Waals surface area contributed by atoms with Crippen LogP contribution >= 0.6 is 12.2 Å². The molecule has 0 radical (unpaired) electrons. The molecule has 8 nitrogen and oxygen atoms in total. The summed E-state index contributed by atoms with van der Waals surface area (Å²) in [6, 6.07) is 4.72. The maximum absolute atomic E-state index is 13.5. The Morgan fingerprint density at radius 3 is 2.38 bits per heavy atom. The first-order valence-electron chi connectivity index (χ1n) is 12.5. The van der Waals surface area contributed by atoms with Gasteiger partial charge in [0, 0.05) is 55.7 Å². The van der Waals surface area contributed by atoms with Crippen LogP contribution in [0.3, 0.4) is 0 Å². The Balaban J connectivity index is 1.63. The third-order valence-corrected chi connectivity index (χ3v) is 11.9. The van der Waals surface area contributed by atoms with Crippen molar-refractivity contribution in [1.82, 2.24) is 9.21 Å². The molecule has 0 unspecified atom stereocenters. The predicted octanol–water partition coefficient (Wildman–Crippen LogP) is 2.61. The summed E-state index contributed by atoms with van der Waals surface area (Å²) >= 11 is 5.31. The fraction of sp³-hybridized carbons (Fsp3) is 0.560. The summed E-state index contributed by atoms with van der Waals surface area (Å²) in [5.41, 5.74) is -2.75. The van der Waals surface area contributed by atoms with Crippen molar-refractivity contribution in [3.05, 3.63) is 53.0 Å². The van der Waals surface area contributed by atoms with E-state index in [1.165, 1.54) is 34.6 Å². The van der Waals surface area contributed by atoms with E-state index in [4.69, 9.17) is 12.2 Å². The number of alkyl halides is 3. The van der Waals surface area contributed by atoms with Crippen LogP contribution < -0.4 is 4.90 Å². The predicted molar refractivity (Wildman–Crippen MR) is 148 cm³/mol. The Kier molecular flexibility index (Phi) is 8.39. The first-order chi connectivity index (χ1) is 18.0. The van der Waals surface area contributed by atoms with Crippen molar-refractivity contribution in [3.8, 4) is 0 Å². The zero-order valence-corrected chi connectivity index (χ0v) is 24.1. The van der Waals surface area contributed by atoms with Gasteiger partial charge in [0.05, 0.1) is 22.5 Å². The Bertz CT molecular complexity index is 1370. The van der Waals surface area contributed by atoms with Crippen molar-refractivity contribution in [2.75, 3.05) is 49.1 Å². The average Bonchev–Trinajstić information content (AvgIpc) is 2.85. The molecule has 2 saturated heterocycles. The number of hydrogen-bond donors (Lipinski definition) is 1. The van der Waals surface area contributed by atoms with Crippen molar-refractivity contribution < 1.29 is 35.1 Å². The van der Waals surface area contributed by atoms with Crippen LogP contribution in [0.5, 0.6) is 0 Å². The van der Waals surface area contributed by atoms with E-state index in [-0.39, 0.29) is 47.7 Å². The van der Waals surface area contributed by atoms with Crippen LogP contribution in [0.4, 0.5) is 18.9 Å². The van der Waals surface area contributed by atoms with E-state index >= 15 is 0 Å². The van der Waals surface area contributed by atoms with Crippen LogP contribution in [0.25, 0.3) is 0 Å². The molecule has 4 rings (SSSR count). The molecule has 2 fully saturated rings. The second kappa shape index (κ2) is 10.9. The lowest BCUT2D eigenvalue weighted by Crippen LogP contribution is -2.60. The highest BCUT2D eigenvalue weighted by molar-refractivity contribution is 7.96. The van der Waals surface area contributed by atoms with E-state index in [1.807, 2.05) is 16.7 Å². The van der Waals surface area contributed by atoms with E-state index < -0.39 is 37.7 Å². The first kappa shape index (κ1) is 30.1. The molecule has 1 N–H and O–H groups in total. The monoisotopic (exact) mass is 607 g/mol. The fourth-order valence-corrected chi connectivity index (χ4v) is 8.85. The molecular weight excluding hydrogens is 575 g/mol. The number of halogens is 3. The molecule has 3 aliphatic rings. The average molecular weight is 608 g/mol. The third kappa shape index (κ3) is 6.25. The quantitative estimate of drug-likeness (QED) is 0.493. The maximum Gasteiger partial charge on any atom is 0.421 e. The molecule has 0 aromatic heterocycles. The van der Waals surface area contributed by atoms with Gasteiger partial charge in [-0.2, -0.15) is 17.5 Å². The summed E-state index contributed by atoms with van der Waals surface area (Å²) in [5.74, 6) is -0.00275. The highest BCUT2D eigenvalue weighted by Gasteiger charge is 2.51. The number of anilines is 1. The lowest BCUT2D eigenvalue weighted by atomic mass is 9.95. The normalized spacial score (nSPS) is 26.8. The Morgan fingerprint density at radius 2 is 1.79 bits per heavy atom. The SMILES string of the molecule is C[C@H]1CS(=O)(=O)CCN1C[C@H]1CN(S(=O)(=O)C2=CC=CCC2=S)CCN1c1ccc([C@](C)(O)C(F)(F)F)cc1. The molecule has 0 amide bonds. The van der Waals surface area contributed by atoms with Crippen molar-refractivity contribution in [3.63, 3.8) is 0 Å². The van der Waals surface area contributed by atoms with E-state index in [1.54, 1.807) is 12.2 Å². The number of sulfone groups is 1. The summed E-state index contributed by atoms with van der Waals surface area (Å²) in [5, 5.41) is 10.0. The van der Waals surface area contributed by atoms with Crippen LogP contribution in [0.15, 0.2) is 47.4 Å². The number of thiocarbonyl (C=S) groups is 1. The summed E-state index contributed by atoms with van der Waals surface area (Å²) in [6.45, 7) is 3.64. The molecule has 2 heterocycles. The van der Waals surface area contributed by atoms with E-state index in [0.717, 1.165) is 0 Å². The van der Waals surface area contributed by atoms with Gasteiger partial charge >= 0.3 is 6.18 Å². The number of allylic oxidation sites excluding steroid dienone is 4. The van der Waals surface area contributed by atoms with Gasteiger partial charge in [-0.1, -0.05) is 36.5 Å². The van der Waals surface area contributed by atoms with Gasteiger partial charge in [-0.05, 0) is 37.6 Å². The smallest absolute Gasteiger partial charge is 0.376 e. The molecular formula is C25H32F3N3O5S3. The summed E-state index contributed by atoms with van der Waals surface area (Å²) in [6.07, 6.45) is 0.436. The largest absolute Gasteiger partial charge is 0.421 e. The van der Waals surface area contributed by atoms with Crippen LogP contribution in [-0.2, 0) is 25.5 Å². The molecule has 1 aromatic rings. The fourth-order valence-electron chi connectivity index (χ4n) is 5.15. The number of aliphatic hydroxyl groups is 1. The molecule has 14 heteroatoms. The number of sulfonamides is 1. The minimum Gasteiger partial charge on any atom is -0.376 e. The maximum atomic E-state index is 13.5. The zero-order chi connectivity index (χ0) is 28.8. The van der Waals surface area contributed by atoms with Crippen molar-refractivity contribution in [2.24, 2.45) is 0 Å². The van der Waals surface area contributed by atoms with Crippen LogP contribution in [0, 0.1) is 0 Å². The molecule has 0 saturated carbocycles. The van der Waals surface area contributed by atoms with Gasteiger partial charge in [-0.25, -0.2) is 16.8 Å². The molecule has 2 aliphatic heterocycles. The number of rotatable bonds is 6. The molecule has 1 aliphatic carbocycles. The summed E-state index contributed by atoms with van der Waals surface area (Å²) < 4.78 is 92.6.